The number of carbonyl (C=O) groups is 1. The minimum Gasteiger partial charge on any atom is -1.00 e. The summed E-state index contributed by atoms with van der Waals surface area (Å²) in [6.07, 6.45) is 0. The Morgan fingerprint density at radius 2 is 1.70 bits per heavy atom. The average molecular weight is 220 g/mol. The van der Waals surface area contributed by atoms with Crippen molar-refractivity contribution in [3.8, 4) is 0 Å². The van der Waals surface area contributed by atoms with E-state index >= 15 is 0 Å². The highest BCUT2D eigenvalue weighted by molar-refractivity contribution is 6.67. The molecule has 1 nitrogen and oxygen atoms in total. The zero-order chi connectivity index (χ0) is 6.69. The van der Waals surface area contributed by atoms with Crippen LogP contribution in [-0.4, -0.2) is 5.24 Å². The molecule has 0 saturated heterocycles. The van der Waals surface area contributed by atoms with Gasteiger partial charge in [0.1, 0.15) is 0 Å². The maximum Gasteiger partial charge on any atom is 0.252 e. The third-order valence-corrected chi connectivity index (χ3v) is 1.22. The summed E-state index contributed by atoms with van der Waals surface area (Å²) in [4.78, 5) is 10.4. The third-order valence-electron chi connectivity index (χ3n) is 1.00. The summed E-state index contributed by atoms with van der Waals surface area (Å²) in [5.41, 5.74) is 0.541. The van der Waals surface area contributed by atoms with Gasteiger partial charge in [-0.1, -0.05) is 30.3 Å². The van der Waals surface area contributed by atoms with Crippen LogP contribution in [0.3, 0.4) is 0 Å². The molecule has 3 heteroatoms. The van der Waals surface area contributed by atoms with Crippen molar-refractivity contribution in [2.24, 2.45) is 0 Å². The first-order valence-electron chi connectivity index (χ1n) is 2.55. The molecule has 0 bridgehead atoms. The largest absolute Gasteiger partial charge is 1.00 e. The summed E-state index contributed by atoms with van der Waals surface area (Å²) < 4.78 is 0. The Balaban J connectivity index is 0.000000810. The van der Waals surface area contributed by atoms with E-state index in [9.17, 15) is 4.79 Å². The van der Waals surface area contributed by atoms with E-state index in [1.165, 1.54) is 0 Å². The fraction of sp³-hybridized carbons (Fsp3) is 0. The molecule has 0 aliphatic heterocycles. The van der Waals surface area contributed by atoms with Crippen LogP contribution < -0.4 is 17.0 Å². The third kappa shape index (κ3) is 2.50. The van der Waals surface area contributed by atoms with Crippen molar-refractivity contribution in [3.05, 3.63) is 35.9 Å². The number of rotatable bonds is 1. The van der Waals surface area contributed by atoms with Crippen molar-refractivity contribution in [1.29, 1.82) is 0 Å². The second-order valence-corrected chi connectivity index (χ2v) is 1.98. The lowest BCUT2D eigenvalue weighted by atomic mass is 10.2. The highest BCUT2D eigenvalue weighted by Gasteiger charge is 1.95. The van der Waals surface area contributed by atoms with Gasteiger partial charge in [0, 0.05) is 5.56 Å². The normalized spacial score (nSPS) is 8.10. The summed E-state index contributed by atoms with van der Waals surface area (Å²) in [5.74, 6) is 0. The van der Waals surface area contributed by atoms with Crippen LogP contribution in [0.2, 0.25) is 0 Å². The zero-order valence-electron chi connectivity index (χ0n) is 5.05. The molecular weight excluding hydrogens is 215 g/mol. The van der Waals surface area contributed by atoms with E-state index in [0.29, 0.717) is 5.56 Å². The van der Waals surface area contributed by atoms with Gasteiger partial charge in [-0.25, -0.2) is 0 Å². The summed E-state index contributed by atoms with van der Waals surface area (Å²) in [6.45, 7) is 0. The number of hydrogen-bond acceptors (Lipinski definition) is 1. The van der Waals surface area contributed by atoms with Gasteiger partial charge < -0.3 is 17.0 Å². The molecule has 0 aliphatic rings. The number of benzene rings is 1. The van der Waals surface area contributed by atoms with Gasteiger partial charge in [-0.15, -0.1) is 0 Å². The molecule has 54 valence electrons. The van der Waals surface area contributed by atoms with Crippen LogP contribution in [0.4, 0.5) is 0 Å². The Morgan fingerprint density at radius 1 is 1.20 bits per heavy atom. The minimum absolute atomic E-state index is 0. The molecule has 0 fully saturated rings. The summed E-state index contributed by atoms with van der Waals surface area (Å²) in [7, 11) is 0. The minimum atomic E-state index is -0.407. The van der Waals surface area contributed by atoms with Gasteiger partial charge in [-0.05, 0) is 11.6 Å². The second-order valence-electron chi connectivity index (χ2n) is 1.64. The van der Waals surface area contributed by atoms with Gasteiger partial charge in [0.2, 0.25) is 0 Å². The van der Waals surface area contributed by atoms with E-state index in [4.69, 9.17) is 11.6 Å². The van der Waals surface area contributed by atoms with Gasteiger partial charge in [-0.3, -0.25) is 4.79 Å². The molecule has 0 amide bonds. The lowest BCUT2D eigenvalue weighted by Crippen LogP contribution is -3.00. The van der Waals surface area contributed by atoms with Crippen molar-refractivity contribution in [3.63, 3.8) is 0 Å². The van der Waals surface area contributed by atoms with E-state index in [-0.39, 0.29) is 17.0 Å². The molecule has 0 aliphatic carbocycles. The summed E-state index contributed by atoms with van der Waals surface area (Å²) >= 11 is 5.16. The molecule has 0 spiro atoms. The van der Waals surface area contributed by atoms with Crippen LogP contribution in [0, 0.1) is 0 Å². The monoisotopic (exact) mass is 219 g/mol. The van der Waals surface area contributed by atoms with Crippen molar-refractivity contribution < 1.29 is 21.8 Å². The van der Waals surface area contributed by atoms with Crippen LogP contribution in [0.1, 0.15) is 10.4 Å². The molecule has 10 heavy (non-hydrogen) atoms. The summed E-state index contributed by atoms with van der Waals surface area (Å²) in [6, 6.07) is 8.74. The maximum atomic E-state index is 10.4. The SMILES string of the molecule is O=C(Cl)c1ccccc1.[Br-]. The first-order chi connectivity index (χ1) is 4.30. The van der Waals surface area contributed by atoms with Crippen molar-refractivity contribution in [2.75, 3.05) is 0 Å². The molecule has 1 rings (SSSR count). The molecule has 0 N–H and O–H groups in total. The van der Waals surface area contributed by atoms with Gasteiger partial charge >= 0.3 is 0 Å². The highest BCUT2D eigenvalue weighted by atomic mass is 79.9. The Hall–Kier alpha value is -0.340. The average Bonchev–Trinajstić information content (AvgIpc) is 1.90. The molecule has 0 heterocycles. The van der Waals surface area contributed by atoms with Crippen molar-refractivity contribution in [1.82, 2.24) is 0 Å². The Kier molecular flexibility index (Phi) is 4.32. The predicted molar refractivity (Wildman–Crippen MR) is 36.6 cm³/mol. The van der Waals surface area contributed by atoms with Gasteiger partial charge in [0.05, 0.1) is 0 Å². The number of halogens is 2. The predicted octanol–water partition coefficient (Wildman–Crippen LogP) is -0.930. The summed E-state index contributed by atoms with van der Waals surface area (Å²) in [5, 5.41) is -0.407. The van der Waals surface area contributed by atoms with Crippen LogP contribution in [0.15, 0.2) is 30.3 Å². The molecule has 0 saturated carbocycles. The van der Waals surface area contributed by atoms with Crippen molar-refractivity contribution >= 4 is 16.8 Å². The quantitative estimate of drug-likeness (QED) is 0.559. The molecule has 0 atom stereocenters. The second kappa shape index (κ2) is 4.47. The molecule has 1 aromatic rings. The van der Waals surface area contributed by atoms with E-state index in [0.717, 1.165) is 0 Å². The first kappa shape index (κ1) is 9.66. The molecule has 0 aromatic heterocycles. The van der Waals surface area contributed by atoms with Gasteiger partial charge in [0.15, 0.2) is 0 Å². The maximum absolute atomic E-state index is 10.4. The Bertz CT molecular complexity index is 210. The van der Waals surface area contributed by atoms with Gasteiger partial charge in [-0.2, -0.15) is 0 Å². The Labute approximate surface area is 74.8 Å². The van der Waals surface area contributed by atoms with Crippen molar-refractivity contribution in [2.45, 2.75) is 0 Å². The van der Waals surface area contributed by atoms with Crippen LogP contribution >= 0.6 is 11.6 Å². The van der Waals surface area contributed by atoms with E-state index in [2.05, 4.69) is 0 Å². The van der Waals surface area contributed by atoms with E-state index in [1.54, 1.807) is 24.3 Å². The smallest absolute Gasteiger partial charge is 0.252 e. The first-order valence-corrected chi connectivity index (χ1v) is 2.93. The highest BCUT2D eigenvalue weighted by Crippen LogP contribution is 2.01. The topological polar surface area (TPSA) is 17.1 Å². The lowest BCUT2D eigenvalue weighted by Gasteiger charge is -1.87. The number of carbonyl (C=O) groups excluding carboxylic acids is 1. The van der Waals surface area contributed by atoms with Crippen LogP contribution in [-0.2, 0) is 0 Å². The number of hydrogen-bond donors (Lipinski definition) is 0. The van der Waals surface area contributed by atoms with Gasteiger partial charge in [0.25, 0.3) is 5.24 Å². The Morgan fingerprint density at radius 3 is 2.00 bits per heavy atom. The molecule has 0 radical (unpaired) electrons. The van der Waals surface area contributed by atoms with Crippen LogP contribution in [0.5, 0.6) is 0 Å². The fourth-order valence-corrected chi connectivity index (χ4v) is 0.695. The standard InChI is InChI=1S/C7H5ClO.BrH/c8-7(9)6-4-2-1-3-5-6;/h1-5H;1H/p-1. The lowest BCUT2D eigenvalue weighted by molar-refractivity contribution is -0.00000875. The van der Waals surface area contributed by atoms with Crippen LogP contribution in [0.25, 0.3) is 0 Å². The molecule has 1 aromatic carbocycles. The zero-order valence-corrected chi connectivity index (χ0v) is 7.39. The molecular formula is C7H5BrClO-. The molecule has 0 unspecified atom stereocenters. The fourth-order valence-electron chi connectivity index (χ4n) is 0.569. The van der Waals surface area contributed by atoms with E-state index in [1.807, 2.05) is 6.07 Å². The van der Waals surface area contributed by atoms with E-state index < -0.39 is 5.24 Å².